The van der Waals surface area contributed by atoms with E-state index in [0.29, 0.717) is 12.4 Å². The predicted octanol–water partition coefficient (Wildman–Crippen LogP) is 1.99. The van der Waals surface area contributed by atoms with Gasteiger partial charge in [-0.15, -0.1) is 0 Å². The van der Waals surface area contributed by atoms with Gasteiger partial charge in [0.1, 0.15) is 0 Å². The molecule has 0 amide bonds. The van der Waals surface area contributed by atoms with Crippen molar-refractivity contribution in [2.45, 2.75) is 45.6 Å². The molecule has 94 valence electrons. The Kier molecular flexibility index (Phi) is 3.62. The lowest BCUT2D eigenvalue weighted by Gasteiger charge is -2.34. The summed E-state index contributed by atoms with van der Waals surface area (Å²) in [6.07, 6.45) is 8.82. The van der Waals surface area contributed by atoms with Crippen LogP contribution in [0.1, 0.15) is 49.6 Å². The lowest BCUT2D eigenvalue weighted by atomic mass is 9.71. The molecule has 1 heterocycles. The molecule has 0 radical (unpaired) electrons. The summed E-state index contributed by atoms with van der Waals surface area (Å²) in [5, 5.41) is 0. The summed E-state index contributed by atoms with van der Waals surface area (Å²) >= 11 is 0. The van der Waals surface area contributed by atoms with Gasteiger partial charge >= 0.3 is 0 Å². The molecule has 0 bridgehead atoms. The molecule has 2 rings (SSSR count). The number of hydrogen-bond acceptors (Lipinski definition) is 3. The number of Topliss-reactive ketones (excluding diaryl/α,β-unsaturated/α-hetero) is 1. The van der Waals surface area contributed by atoms with E-state index in [1.165, 1.54) is 6.42 Å². The zero-order valence-electron chi connectivity index (χ0n) is 10.5. The van der Waals surface area contributed by atoms with Gasteiger partial charge in [-0.1, -0.05) is 19.3 Å². The van der Waals surface area contributed by atoms with Crippen molar-refractivity contribution in [2.24, 2.45) is 11.1 Å². The van der Waals surface area contributed by atoms with E-state index in [1.54, 1.807) is 6.20 Å². The van der Waals surface area contributed by atoms with E-state index in [1.807, 2.05) is 17.7 Å². The molecule has 0 saturated heterocycles. The lowest BCUT2D eigenvalue weighted by Crippen LogP contribution is -2.41. The molecule has 1 saturated carbocycles. The first-order valence-electron chi connectivity index (χ1n) is 6.49. The maximum Gasteiger partial charge on any atom is 0.205 e. The van der Waals surface area contributed by atoms with E-state index in [9.17, 15) is 4.79 Å². The van der Waals surface area contributed by atoms with E-state index in [2.05, 4.69) is 4.98 Å². The minimum atomic E-state index is -0.351. The average Bonchev–Trinajstić information content (AvgIpc) is 2.86. The Bertz CT molecular complexity index is 391. The quantitative estimate of drug-likeness (QED) is 0.812. The number of aryl methyl sites for hydroxylation is 1. The molecule has 1 aromatic rings. The largest absolute Gasteiger partial charge is 0.329 e. The van der Waals surface area contributed by atoms with Gasteiger partial charge in [0, 0.05) is 30.9 Å². The van der Waals surface area contributed by atoms with Crippen molar-refractivity contribution in [3.63, 3.8) is 0 Å². The summed E-state index contributed by atoms with van der Waals surface area (Å²) in [6.45, 7) is 3.25. The van der Waals surface area contributed by atoms with E-state index >= 15 is 0 Å². The molecule has 1 aromatic heterocycles. The molecule has 0 spiro atoms. The molecule has 17 heavy (non-hydrogen) atoms. The molecule has 0 aromatic carbocycles. The Hall–Kier alpha value is -1.16. The van der Waals surface area contributed by atoms with Crippen molar-refractivity contribution in [3.8, 4) is 0 Å². The van der Waals surface area contributed by atoms with Crippen LogP contribution in [0.5, 0.6) is 0 Å². The first kappa shape index (κ1) is 12.3. The standard InChI is InChI=1S/C13H21N3O/c1-2-16-9-8-15-12(16)11(17)13(10-14)6-4-3-5-7-13/h8-9H,2-7,10,14H2,1H3. The maximum absolute atomic E-state index is 12.6. The third-order valence-corrected chi connectivity index (χ3v) is 3.94. The first-order chi connectivity index (χ1) is 8.23. The minimum absolute atomic E-state index is 0.145. The Morgan fingerprint density at radius 2 is 2.18 bits per heavy atom. The van der Waals surface area contributed by atoms with Crippen molar-refractivity contribution < 1.29 is 4.79 Å². The molecule has 0 atom stereocenters. The monoisotopic (exact) mass is 235 g/mol. The highest BCUT2D eigenvalue weighted by atomic mass is 16.1. The topological polar surface area (TPSA) is 60.9 Å². The molecular weight excluding hydrogens is 214 g/mol. The summed E-state index contributed by atoms with van der Waals surface area (Å²) in [5.41, 5.74) is 5.53. The summed E-state index contributed by atoms with van der Waals surface area (Å²) in [6, 6.07) is 0. The lowest BCUT2D eigenvalue weighted by molar-refractivity contribution is 0.0712. The second-order valence-electron chi connectivity index (χ2n) is 4.91. The van der Waals surface area contributed by atoms with Gasteiger partial charge in [-0.25, -0.2) is 4.98 Å². The summed E-state index contributed by atoms with van der Waals surface area (Å²) in [7, 11) is 0. The van der Waals surface area contributed by atoms with Crippen molar-refractivity contribution >= 4 is 5.78 Å². The normalized spacial score (nSPS) is 19.2. The number of nitrogens with two attached hydrogens (primary N) is 1. The number of carbonyl (C=O) groups is 1. The molecule has 4 nitrogen and oxygen atoms in total. The molecule has 4 heteroatoms. The number of ketones is 1. The summed E-state index contributed by atoms with van der Waals surface area (Å²) in [4.78, 5) is 16.8. The number of carbonyl (C=O) groups excluding carboxylic acids is 1. The van der Waals surface area contributed by atoms with Gasteiger partial charge < -0.3 is 10.3 Å². The van der Waals surface area contributed by atoms with Crippen LogP contribution in [0.2, 0.25) is 0 Å². The Balaban J connectivity index is 2.28. The van der Waals surface area contributed by atoms with Crippen LogP contribution in [0.15, 0.2) is 12.4 Å². The van der Waals surface area contributed by atoms with Gasteiger partial charge in [0.15, 0.2) is 5.82 Å². The zero-order chi connectivity index (χ0) is 12.3. The molecule has 1 aliphatic rings. The highest BCUT2D eigenvalue weighted by molar-refractivity contribution is 5.98. The van der Waals surface area contributed by atoms with E-state index in [-0.39, 0.29) is 11.2 Å². The second-order valence-corrected chi connectivity index (χ2v) is 4.91. The highest BCUT2D eigenvalue weighted by Gasteiger charge is 2.40. The number of nitrogens with zero attached hydrogens (tertiary/aromatic N) is 2. The van der Waals surface area contributed by atoms with Crippen LogP contribution in [0.4, 0.5) is 0 Å². The zero-order valence-corrected chi connectivity index (χ0v) is 10.5. The average molecular weight is 235 g/mol. The van der Waals surface area contributed by atoms with Crippen molar-refractivity contribution in [1.82, 2.24) is 9.55 Å². The van der Waals surface area contributed by atoms with Crippen LogP contribution in [-0.4, -0.2) is 21.9 Å². The van der Waals surface area contributed by atoms with Gasteiger partial charge in [-0.2, -0.15) is 0 Å². The minimum Gasteiger partial charge on any atom is -0.329 e. The Morgan fingerprint density at radius 1 is 1.47 bits per heavy atom. The number of imidazole rings is 1. The van der Waals surface area contributed by atoms with Gasteiger partial charge in [0.25, 0.3) is 0 Å². The van der Waals surface area contributed by atoms with Crippen LogP contribution < -0.4 is 5.73 Å². The second kappa shape index (κ2) is 5.00. The van der Waals surface area contributed by atoms with Crippen molar-refractivity contribution in [2.75, 3.05) is 6.54 Å². The summed E-state index contributed by atoms with van der Waals surface area (Å²) in [5.74, 6) is 0.728. The smallest absolute Gasteiger partial charge is 0.205 e. The van der Waals surface area contributed by atoms with Gasteiger partial charge in [-0.05, 0) is 19.8 Å². The highest BCUT2D eigenvalue weighted by Crippen LogP contribution is 2.37. The third kappa shape index (κ3) is 2.14. The van der Waals surface area contributed by atoms with Crippen LogP contribution in [0, 0.1) is 5.41 Å². The maximum atomic E-state index is 12.6. The predicted molar refractivity (Wildman–Crippen MR) is 66.8 cm³/mol. The first-order valence-corrected chi connectivity index (χ1v) is 6.49. The van der Waals surface area contributed by atoms with E-state index in [0.717, 1.165) is 32.2 Å². The molecule has 2 N–H and O–H groups in total. The van der Waals surface area contributed by atoms with Gasteiger partial charge in [0.05, 0.1) is 0 Å². The van der Waals surface area contributed by atoms with Crippen molar-refractivity contribution in [3.05, 3.63) is 18.2 Å². The van der Waals surface area contributed by atoms with Gasteiger partial charge in [-0.3, -0.25) is 4.79 Å². The fraction of sp³-hybridized carbons (Fsp3) is 0.692. The van der Waals surface area contributed by atoms with Crippen molar-refractivity contribution in [1.29, 1.82) is 0 Å². The summed E-state index contributed by atoms with van der Waals surface area (Å²) < 4.78 is 1.91. The molecule has 1 aliphatic carbocycles. The molecule has 0 unspecified atom stereocenters. The van der Waals surface area contributed by atoms with E-state index in [4.69, 9.17) is 5.73 Å². The molecule has 0 aliphatic heterocycles. The van der Waals surface area contributed by atoms with Crippen LogP contribution >= 0.6 is 0 Å². The van der Waals surface area contributed by atoms with Crippen LogP contribution in [-0.2, 0) is 6.54 Å². The van der Waals surface area contributed by atoms with Gasteiger partial charge in [0.2, 0.25) is 5.78 Å². The molecule has 1 fully saturated rings. The fourth-order valence-corrected chi connectivity index (χ4v) is 2.76. The Labute approximate surface area is 102 Å². The third-order valence-electron chi connectivity index (χ3n) is 3.94. The number of rotatable bonds is 4. The van der Waals surface area contributed by atoms with Crippen LogP contribution in [0.3, 0.4) is 0 Å². The number of aromatic nitrogens is 2. The molecular formula is C13H21N3O. The van der Waals surface area contributed by atoms with E-state index < -0.39 is 0 Å². The van der Waals surface area contributed by atoms with Crippen LogP contribution in [0.25, 0.3) is 0 Å². The SMILES string of the molecule is CCn1ccnc1C(=O)C1(CN)CCCCC1. The fourth-order valence-electron chi connectivity index (χ4n) is 2.76. The Morgan fingerprint density at radius 3 is 2.76 bits per heavy atom. The number of hydrogen-bond donors (Lipinski definition) is 1.